The van der Waals surface area contributed by atoms with Gasteiger partial charge in [0.05, 0.1) is 11.8 Å². The molecule has 0 unspecified atom stereocenters. The maximum Gasteiger partial charge on any atom is 0.225 e. The fourth-order valence-corrected chi connectivity index (χ4v) is 5.30. The molecule has 10 heteroatoms. The topological polar surface area (TPSA) is 128 Å². The van der Waals surface area contributed by atoms with Crippen molar-refractivity contribution in [2.24, 2.45) is 0 Å². The number of benzene rings is 1. The Labute approximate surface area is 220 Å². The SMILES string of the molecule is OCCCCNc1ccc2nc(Nc3cc(Cc4ccccc4)nc(N[C@H]4CC[C@H](O)CC4)n3)sc2n1. The van der Waals surface area contributed by atoms with E-state index in [2.05, 4.69) is 33.1 Å². The summed E-state index contributed by atoms with van der Waals surface area (Å²) in [7, 11) is 0. The van der Waals surface area contributed by atoms with Crippen LogP contribution in [-0.2, 0) is 6.42 Å². The number of aromatic nitrogens is 4. The quantitative estimate of drug-likeness (QED) is 0.179. The van der Waals surface area contributed by atoms with Gasteiger partial charge in [-0.1, -0.05) is 41.7 Å². The lowest BCUT2D eigenvalue weighted by molar-refractivity contribution is 0.126. The Bertz CT molecular complexity index is 1290. The number of aliphatic hydroxyl groups excluding tert-OH is 2. The van der Waals surface area contributed by atoms with Crippen molar-refractivity contribution in [1.29, 1.82) is 0 Å². The third kappa shape index (κ3) is 7.12. The Hall–Kier alpha value is -3.34. The second-order valence-corrected chi connectivity index (χ2v) is 10.4. The number of nitrogens with zero attached hydrogens (tertiary/aromatic N) is 4. The van der Waals surface area contributed by atoms with Crippen LogP contribution in [0.5, 0.6) is 0 Å². The molecule has 5 N–H and O–H groups in total. The van der Waals surface area contributed by atoms with Crippen LogP contribution < -0.4 is 16.0 Å². The van der Waals surface area contributed by atoms with Gasteiger partial charge >= 0.3 is 0 Å². The lowest BCUT2D eigenvalue weighted by Crippen LogP contribution is -2.29. The van der Waals surface area contributed by atoms with Crippen LogP contribution in [0.2, 0.25) is 0 Å². The minimum absolute atomic E-state index is 0.204. The number of rotatable bonds is 11. The van der Waals surface area contributed by atoms with Crippen molar-refractivity contribution in [3.8, 4) is 0 Å². The minimum atomic E-state index is -0.204. The van der Waals surface area contributed by atoms with Crippen molar-refractivity contribution in [2.45, 2.75) is 57.1 Å². The second-order valence-electron chi connectivity index (χ2n) is 9.40. The van der Waals surface area contributed by atoms with Gasteiger partial charge in [-0.05, 0) is 56.2 Å². The molecule has 0 bridgehead atoms. The fraction of sp³-hybridized carbons (Fsp3) is 0.407. The highest BCUT2D eigenvalue weighted by atomic mass is 32.1. The van der Waals surface area contributed by atoms with Gasteiger partial charge in [0, 0.05) is 31.7 Å². The van der Waals surface area contributed by atoms with Crippen molar-refractivity contribution in [3.05, 3.63) is 59.8 Å². The van der Waals surface area contributed by atoms with E-state index in [1.165, 1.54) is 16.9 Å². The van der Waals surface area contributed by atoms with Crippen molar-refractivity contribution in [3.63, 3.8) is 0 Å². The molecule has 0 spiro atoms. The molecule has 3 aromatic heterocycles. The molecule has 37 heavy (non-hydrogen) atoms. The third-order valence-corrected chi connectivity index (χ3v) is 7.30. The summed E-state index contributed by atoms with van der Waals surface area (Å²) in [4.78, 5) is 19.8. The number of nitrogens with one attached hydrogen (secondary N) is 3. The molecule has 1 aliphatic rings. The fourth-order valence-electron chi connectivity index (χ4n) is 4.46. The molecule has 1 fully saturated rings. The van der Waals surface area contributed by atoms with Gasteiger partial charge in [0.15, 0.2) is 5.13 Å². The number of unbranched alkanes of at least 4 members (excludes halogenated alkanes) is 1. The van der Waals surface area contributed by atoms with Crippen LogP contribution in [0, 0.1) is 0 Å². The zero-order chi connectivity index (χ0) is 25.5. The lowest BCUT2D eigenvalue weighted by Gasteiger charge is -2.26. The van der Waals surface area contributed by atoms with E-state index in [0.29, 0.717) is 18.2 Å². The Balaban J connectivity index is 1.34. The average Bonchev–Trinajstić information content (AvgIpc) is 3.30. The molecule has 194 valence electrons. The number of hydrogen-bond acceptors (Lipinski definition) is 10. The van der Waals surface area contributed by atoms with E-state index in [1.54, 1.807) is 0 Å². The van der Waals surface area contributed by atoms with Gasteiger partial charge < -0.3 is 26.2 Å². The summed E-state index contributed by atoms with van der Waals surface area (Å²) < 4.78 is 0. The predicted octanol–water partition coefficient (Wildman–Crippen LogP) is 4.72. The first-order valence-corrected chi connectivity index (χ1v) is 13.7. The summed E-state index contributed by atoms with van der Waals surface area (Å²) in [5, 5.41) is 29.7. The molecule has 9 nitrogen and oxygen atoms in total. The summed E-state index contributed by atoms with van der Waals surface area (Å²) >= 11 is 1.48. The largest absolute Gasteiger partial charge is 0.396 e. The highest BCUT2D eigenvalue weighted by Gasteiger charge is 2.20. The molecule has 1 aromatic carbocycles. The van der Waals surface area contributed by atoms with Gasteiger partial charge in [-0.2, -0.15) is 4.98 Å². The number of fused-ring (bicyclic) bond motifs is 1. The summed E-state index contributed by atoms with van der Waals surface area (Å²) in [5.41, 5.74) is 2.92. The molecule has 0 aliphatic heterocycles. The number of hydrogen-bond donors (Lipinski definition) is 5. The third-order valence-electron chi connectivity index (χ3n) is 6.42. The maximum absolute atomic E-state index is 9.86. The van der Waals surface area contributed by atoms with Gasteiger partial charge in [-0.25, -0.2) is 15.0 Å². The van der Waals surface area contributed by atoms with Gasteiger partial charge in [0.2, 0.25) is 5.95 Å². The molecule has 1 saturated carbocycles. The Morgan fingerprint density at radius 1 is 0.892 bits per heavy atom. The van der Waals surface area contributed by atoms with Crippen LogP contribution in [-0.4, -0.2) is 55.4 Å². The zero-order valence-corrected chi connectivity index (χ0v) is 21.5. The molecule has 0 radical (unpaired) electrons. The summed E-state index contributed by atoms with van der Waals surface area (Å²) in [5.74, 6) is 2.07. The minimum Gasteiger partial charge on any atom is -0.396 e. The van der Waals surface area contributed by atoms with E-state index in [4.69, 9.17) is 20.1 Å². The number of anilines is 4. The first kappa shape index (κ1) is 25.3. The predicted molar refractivity (Wildman–Crippen MR) is 149 cm³/mol. The van der Waals surface area contributed by atoms with Crippen LogP contribution in [0.25, 0.3) is 10.3 Å². The van der Waals surface area contributed by atoms with Crippen LogP contribution in [0.3, 0.4) is 0 Å². The van der Waals surface area contributed by atoms with Crippen molar-refractivity contribution in [2.75, 3.05) is 29.1 Å². The van der Waals surface area contributed by atoms with E-state index < -0.39 is 0 Å². The number of pyridine rings is 1. The van der Waals surface area contributed by atoms with E-state index in [1.807, 2.05) is 36.4 Å². The number of aliphatic hydroxyl groups is 2. The van der Waals surface area contributed by atoms with E-state index in [9.17, 15) is 5.11 Å². The lowest BCUT2D eigenvalue weighted by atomic mass is 9.93. The normalized spacial score (nSPS) is 17.6. The standard InChI is InChI=1S/C27H33N7O2S/c35-15-5-4-14-28-23-13-12-22-25(32-23)37-27(31-22)34-24-17-20(16-18-6-2-1-3-7-18)30-26(33-24)29-19-8-10-21(36)11-9-19/h1-3,6-7,12-13,17,19,21,35-36H,4-5,8-11,14-16H2,(H,28,32)(H2,29,30,31,33,34)/t19-,21-. The maximum atomic E-state index is 9.86. The molecule has 0 saturated heterocycles. The van der Waals surface area contributed by atoms with E-state index in [0.717, 1.165) is 72.1 Å². The van der Waals surface area contributed by atoms with Gasteiger partial charge in [-0.15, -0.1) is 0 Å². The van der Waals surface area contributed by atoms with Gasteiger partial charge in [-0.3, -0.25) is 0 Å². The monoisotopic (exact) mass is 519 g/mol. The van der Waals surface area contributed by atoms with Crippen LogP contribution in [0.4, 0.5) is 22.7 Å². The second kappa shape index (κ2) is 12.3. The van der Waals surface area contributed by atoms with Crippen molar-refractivity contribution >= 4 is 44.4 Å². The van der Waals surface area contributed by atoms with Crippen LogP contribution in [0.15, 0.2) is 48.5 Å². The van der Waals surface area contributed by atoms with Crippen molar-refractivity contribution < 1.29 is 10.2 Å². The zero-order valence-electron chi connectivity index (χ0n) is 20.7. The molecule has 0 atom stereocenters. The van der Waals surface area contributed by atoms with E-state index >= 15 is 0 Å². The molecule has 5 rings (SSSR count). The van der Waals surface area contributed by atoms with Crippen LogP contribution in [0.1, 0.15) is 49.8 Å². The Morgan fingerprint density at radius 2 is 1.73 bits per heavy atom. The Morgan fingerprint density at radius 3 is 2.54 bits per heavy atom. The first-order valence-electron chi connectivity index (χ1n) is 12.9. The molecule has 3 heterocycles. The Kier molecular flexibility index (Phi) is 8.39. The van der Waals surface area contributed by atoms with Gasteiger partial charge in [0.1, 0.15) is 22.0 Å². The molecular formula is C27H33N7O2S. The first-order chi connectivity index (χ1) is 18.1. The molecule has 0 amide bonds. The molecule has 1 aliphatic carbocycles. The highest BCUT2D eigenvalue weighted by molar-refractivity contribution is 7.21. The summed E-state index contributed by atoms with van der Waals surface area (Å²) in [6.07, 6.45) is 5.54. The van der Waals surface area contributed by atoms with Crippen LogP contribution >= 0.6 is 11.3 Å². The smallest absolute Gasteiger partial charge is 0.225 e. The molecular weight excluding hydrogens is 486 g/mol. The van der Waals surface area contributed by atoms with Gasteiger partial charge in [0.25, 0.3) is 0 Å². The summed E-state index contributed by atoms with van der Waals surface area (Å²) in [6, 6.07) is 16.4. The molecule has 4 aromatic rings. The highest BCUT2D eigenvalue weighted by Crippen LogP contribution is 2.29. The van der Waals surface area contributed by atoms with E-state index in [-0.39, 0.29) is 18.8 Å². The number of thiazole rings is 1. The summed E-state index contributed by atoms with van der Waals surface area (Å²) in [6.45, 7) is 0.971. The van der Waals surface area contributed by atoms with Crippen molar-refractivity contribution in [1.82, 2.24) is 19.9 Å². The average molecular weight is 520 g/mol.